The van der Waals surface area contributed by atoms with Crippen LogP contribution in [0, 0.1) is 0 Å². The van der Waals surface area contributed by atoms with Crippen molar-refractivity contribution in [3.63, 3.8) is 0 Å². The zero-order chi connectivity index (χ0) is 18.8. The molecular formula is C24H36O2. The molecule has 0 amide bonds. The summed E-state index contributed by atoms with van der Waals surface area (Å²) < 4.78 is 6.00. The smallest absolute Gasteiger partial charge is 0.195 e. The minimum atomic E-state index is 0.191. The Labute approximate surface area is 159 Å². The number of unbranched alkanes of at least 4 members (excludes halogenated alkanes) is 6. The van der Waals surface area contributed by atoms with Crippen molar-refractivity contribution in [1.82, 2.24) is 0 Å². The molecule has 2 nitrogen and oxygen atoms in total. The summed E-state index contributed by atoms with van der Waals surface area (Å²) in [5, 5.41) is 0.805. The van der Waals surface area contributed by atoms with Gasteiger partial charge in [0.1, 0.15) is 5.58 Å². The summed E-state index contributed by atoms with van der Waals surface area (Å²) in [5.74, 6) is 0. The lowest BCUT2D eigenvalue weighted by molar-refractivity contribution is 0.579. The summed E-state index contributed by atoms with van der Waals surface area (Å²) in [5.41, 5.74) is 4.38. The molecule has 0 saturated carbocycles. The van der Waals surface area contributed by atoms with Crippen LogP contribution in [0.2, 0.25) is 0 Å². The molecule has 2 rings (SSSR count). The van der Waals surface area contributed by atoms with Crippen molar-refractivity contribution in [2.75, 3.05) is 0 Å². The molecule has 1 aromatic heterocycles. The van der Waals surface area contributed by atoms with Gasteiger partial charge < -0.3 is 4.42 Å². The zero-order valence-corrected chi connectivity index (χ0v) is 17.0. The third-order valence-corrected chi connectivity index (χ3v) is 5.25. The van der Waals surface area contributed by atoms with Gasteiger partial charge in [0.25, 0.3) is 0 Å². The molecule has 2 aromatic rings. The normalized spacial score (nSPS) is 11.3. The summed E-state index contributed by atoms with van der Waals surface area (Å²) in [6.07, 6.45) is 15.3. The van der Waals surface area contributed by atoms with Gasteiger partial charge in [-0.05, 0) is 55.7 Å². The third-order valence-electron chi connectivity index (χ3n) is 5.25. The second-order valence-corrected chi connectivity index (χ2v) is 7.59. The summed E-state index contributed by atoms with van der Waals surface area (Å²) in [4.78, 5) is 13.0. The Kier molecular flexibility index (Phi) is 8.94. The van der Waals surface area contributed by atoms with Gasteiger partial charge in [-0.25, -0.2) is 0 Å². The fourth-order valence-electron chi connectivity index (χ4n) is 3.63. The van der Waals surface area contributed by atoms with Crippen LogP contribution in [0.15, 0.2) is 27.6 Å². The molecule has 0 bridgehead atoms. The van der Waals surface area contributed by atoms with E-state index in [9.17, 15) is 4.79 Å². The van der Waals surface area contributed by atoms with E-state index in [0.717, 1.165) is 55.1 Å². The van der Waals surface area contributed by atoms with Crippen molar-refractivity contribution >= 4 is 11.0 Å². The topological polar surface area (TPSA) is 30.2 Å². The lowest BCUT2D eigenvalue weighted by atomic mass is 9.97. The van der Waals surface area contributed by atoms with Crippen molar-refractivity contribution in [2.24, 2.45) is 0 Å². The van der Waals surface area contributed by atoms with Gasteiger partial charge in [-0.1, -0.05) is 65.4 Å². The summed E-state index contributed by atoms with van der Waals surface area (Å²) in [6, 6.07) is 4.39. The first-order valence-corrected chi connectivity index (χ1v) is 10.8. The van der Waals surface area contributed by atoms with Crippen LogP contribution >= 0.6 is 0 Å². The maximum absolute atomic E-state index is 13.0. The van der Waals surface area contributed by atoms with Crippen molar-refractivity contribution in [2.45, 2.75) is 97.8 Å². The van der Waals surface area contributed by atoms with Gasteiger partial charge in [-0.2, -0.15) is 0 Å². The predicted octanol–water partition coefficient (Wildman–Crippen LogP) is 6.99. The summed E-state index contributed by atoms with van der Waals surface area (Å²) in [6.45, 7) is 6.64. The summed E-state index contributed by atoms with van der Waals surface area (Å²) >= 11 is 0. The number of aryl methyl sites for hydroxylation is 3. The molecule has 0 aliphatic heterocycles. The fraction of sp³-hybridized carbons (Fsp3) is 0.625. The first-order chi connectivity index (χ1) is 12.7. The van der Waals surface area contributed by atoms with Crippen LogP contribution in [0.5, 0.6) is 0 Å². The highest BCUT2D eigenvalue weighted by atomic mass is 16.3. The van der Waals surface area contributed by atoms with E-state index in [1.54, 1.807) is 6.26 Å². The molecule has 0 unspecified atom stereocenters. The second kappa shape index (κ2) is 11.2. The molecule has 26 heavy (non-hydrogen) atoms. The molecule has 144 valence electrons. The van der Waals surface area contributed by atoms with Gasteiger partial charge in [-0.3, -0.25) is 4.79 Å². The van der Waals surface area contributed by atoms with Crippen molar-refractivity contribution in [3.05, 3.63) is 45.3 Å². The quantitative estimate of drug-likeness (QED) is 0.384. The SMILES string of the molecule is CCCCCc1cc(CCCCC)c2occ(CCCCC)c(=O)c2c1. The maximum Gasteiger partial charge on any atom is 0.195 e. The molecular weight excluding hydrogens is 320 g/mol. The Morgan fingerprint density at radius 2 is 1.31 bits per heavy atom. The molecule has 0 aliphatic rings. The number of fused-ring (bicyclic) bond motifs is 1. The molecule has 0 saturated heterocycles. The van der Waals surface area contributed by atoms with Crippen LogP contribution in [0.3, 0.4) is 0 Å². The minimum absolute atomic E-state index is 0.191. The molecule has 0 fully saturated rings. The maximum atomic E-state index is 13.0. The molecule has 1 heterocycles. The average Bonchev–Trinajstić information content (AvgIpc) is 2.64. The Balaban J connectivity index is 2.36. The van der Waals surface area contributed by atoms with E-state index < -0.39 is 0 Å². The molecule has 0 radical (unpaired) electrons. The second-order valence-electron chi connectivity index (χ2n) is 7.59. The molecule has 0 atom stereocenters. The zero-order valence-electron chi connectivity index (χ0n) is 17.0. The predicted molar refractivity (Wildman–Crippen MR) is 112 cm³/mol. The Hall–Kier alpha value is -1.57. The molecule has 0 N–H and O–H groups in total. The molecule has 0 aliphatic carbocycles. The highest BCUT2D eigenvalue weighted by Crippen LogP contribution is 2.23. The largest absolute Gasteiger partial charge is 0.464 e. The van der Waals surface area contributed by atoms with E-state index in [1.807, 2.05) is 0 Å². The number of hydrogen-bond acceptors (Lipinski definition) is 2. The number of benzene rings is 1. The van der Waals surface area contributed by atoms with Crippen LogP contribution in [-0.2, 0) is 19.3 Å². The Bertz CT molecular complexity index is 727. The number of rotatable bonds is 12. The van der Waals surface area contributed by atoms with E-state index in [1.165, 1.54) is 49.7 Å². The van der Waals surface area contributed by atoms with E-state index in [0.29, 0.717) is 0 Å². The van der Waals surface area contributed by atoms with Gasteiger partial charge in [0.2, 0.25) is 0 Å². The average molecular weight is 357 g/mol. The Morgan fingerprint density at radius 1 is 0.731 bits per heavy atom. The Morgan fingerprint density at radius 3 is 1.92 bits per heavy atom. The van der Waals surface area contributed by atoms with Crippen LogP contribution in [0.4, 0.5) is 0 Å². The van der Waals surface area contributed by atoms with Gasteiger partial charge in [0.15, 0.2) is 5.43 Å². The van der Waals surface area contributed by atoms with Crippen molar-refractivity contribution < 1.29 is 4.42 Å². The van der Waals surface area contributed by atoms with E-state index in [2.05, 4.69) is 32.9 Å². The van der Waals surface area contributed by atoms with Gasteiger partial charge in [0.05, 0.1) is 11.6 Å². The van der Waals surface area contributed by atoms with Crippen LogP contribution in [0.1, 0.15) is 95.2 Å². The van der Waals surface area contributed by atoms with E-state index in [-0.39, 0.29) is 5.43 Å². The fourth-order valence-corrected chi connectivity index (χ4v) is 3.63. The van der Waals surface area contributed by atoms with Crippen LogP contribution < -0.4 is 5.43 Å². The number of hydrogen-bond donors (Lipinski definition) is 0. The molecule has 0 spiro atoms. The third kappa shape index (κ3) is 5.72. The van der Waals surface area contributed by atoms with Gasteiger partial charge >= 0.3 is 0 Å². The first kappa shape index (κ1) is 20.7. The highest BCUT2D eigenvalue weighted by Gasteiger charge is 2.12. The standard InChI is InChI=1S/C24H36O2/c1-4-7-10-13-19-16-20(14-11-8-5-2)24-22(17-19)23(25)21(18-26-24)15-12-9-6-3/h16-18H,4-15H2,1-3H3. The van der Waals surface area contributed by atoms with Crippen LogP contribution in [-0.4, -0.2) is 0 Å². The minimum Gasteiger partial charge on any atom is -0.464 e. The van der Waals surface area contributed by atoms with Crippen molar-refractivity contribution in [3.8, 4) is 0 Å². The monoisotopic (exact) mass is 356 g/mol. The first-order valence-electron chi connectivity index (χ1n) is 10.8. The molecule has 1 aromatic carbocycles. The highest BCUT2D eigenvalue weighted by molar-refractivity contribution is 5.81. The summed E-state index contributed by atoms with van der Waals surface area (Å²) in [7, 11) is 0. The van der Waals surface area contributed by atoms with Gasteiger partial charge in [0, 0.05) is 5.56 Å². The van der Waals surface area contributed by atoms with Crippen LogP contribution in [0.25, 0.3) is 11.0 Å². The lowest BCUT2D eigenvalue weighted by Crippen LogP contribution is -2.10. The van der Waals surface area contributed by atoms with E-state index in [4.69, 9.17) is 4.42 Å². The lowest BCUT2D eigenvalue weighted by Gasteiger charge is -2.10. The van der Waals surface area contributed by atoms with E-state index >= 15 is 0 Å². The van der Waals surface area contributed by atoms with Crippen molar-refractivity contribution in [1.29, 1.82) is 0 Å². The molecule has 2 heteroatoms. The van der Waals surface area contributed by atoms with Gasteiger partial charge in [-0.15, -0.1) is 0 Å².